The smallest absolute Gasteiger partial charge is 0.257 e. The van der Waals surface area contributed by atoms with Crippen LogP contribution in [0.5, 0.6) is 0 Å². The molecule has 3 aromatic rings. The van der Waals surface area contributed by atoms with Gasteiger partial charge < -0.3 is 4.90 Å². The molecule has 1 aromatic carbocycles. The maximum absolute atomic E-state index is 13.3. The highest BCUT2D eigenvalue weighted by atomic mass is 35.5. The fourth-order valence-electron chi connectivity index (χ4n) is 4.18. The summed E-state index contributed by atoms with van der Waals surface area (Å²) in [5.41, 5.74) is 4.00. The van der Waals surface area contributed by atoms with Crippen LogP contribution in [0.1, 0.15) is 54.7 Å². The minimum Gasteiger partial charge on any atom is -0.333 e. The highest BCUT2D eigenvalue weighted by molar-refractivity contribution is 6.38. The zero-order valence-electron chi connectivity index (χ0n) is 16.7. The van der Waals surface area contributed by atoms with E-state index in [1.807, 2.05) is 43.0 Å². The highest BCUT2D eigenvalue weighted by Crippen LogP contribution is 2.32. The van der Waals surface area contributed by atoms with Crippen LogP contribution in [-0.2, 0) is 0 Å². The number of benzene rings is 1. The molecule has 6 heteroatoms. The van der Waals surface area contributed by atoms with E-state index in [1.165, 1.54) is 5.56 Å². The molecule has 0 aliphatic carbocycles. The number of nitrogens with zero attached hydrogens (tertiary/aromatic N) is 4. The van der Waals surface area contributed by atoms with E-state index in [2.05, 4.69) is 23.9 Å². The predicted molar refractivity (Wildman–Crippen MR) is 112 cm³/mol. The number of carbonyl (C=O) groups excluding carboxylic acids is 1. The number of amides is 1. The number of fused-ring (bicyclic) bond motifs is 1. The SMILES string of the molecule is Cc1ccc(-n2nc(C)c3c(Cl)c(C(=O)N4[C@@H](C)CCC[C@@H]4C)cnc32)cc1. The van der Waals surface area contributed by atoms with Crippen molar-refractivity contribution in [2.75, 3.05) is 0 Å². The number of hydrogen-bond acceptors (Lipinski definition) is 3. The molecule has 0 unspecified atom stereocenters. The molecule has 2 aromatic heterocycles. The standard InChI is InChI=1S/C22H25ClN4O/c1-13-8-10-17(11-9-13)27-21-19(16(4)25-27)20(23)18(12-24-21)22(28)26-14(2)6-5-7-15(26)3/h8-12,14-15H,5-7H2,1-4H3/t14-,15-/m0/s1. The summed E-state index contributed by atoms with van der Waals surface area (Å²) in [6, 6.07) is 8.51. The van der Waals surface area contributed by atoms with Crippen molar-refractivity contribution in [2.45, 2.75) is 59.0 Å². The molecule has 1 amide bonds. The van der Waals surface area contributed by atoms with E-state index < -0.39 is 0 Å². The Labute approximate surface area is 170 Å². The number of aromatic nitrogens is 3. The van der Waals surface area contributed by atoms with Gasteiger partial charge in [-0.25, -0.2) is 9.67 Å². The van der Waals surface area contributed by atoms with Gasteiger partial charge in [0.1, 0.15) is 0 Å². The third-order valence-electron chi connectivity index (χ3n) is 5.74. The Morgan fingerprint density at radius 2 is 1.75 bits per heavy atom. The van der Waals surface area contributed by atoms with E-state index in [0.717, 1.165) is 36.0 Å². The Hall–Kier alpha value is -2.40. The minimum atomic E-state index is -0.0402. The van der Waals surface area contributed by atoms with Crippen LogP contribution >= 0.6 is 11.6 Å². The third-order valence-corrected chi connectivity index (χ3v) is 6.14. The summed E-state index contributed by atoms with van der Waals surface area (Å²) in [4.78, 5) is 19.8. The number of carbonyl (C=O) groups is 1. The highest BCUT2D eigenvalue weighted by Gasteiger charge is 2.32. The molecule has 0 radical (unpaired) electrons. The molecule has 1 aliphatic heterocycles. The fraction of sp³-hybridized carbons (Fsp3) is 0.409. The summed E-state index contributed by atoms with van der Waals surface area (Å²) in [5.74, 6) is -0.0402. The first-order valence-electron chi connectivity index (χ1n) is 9.82. The average Bonchev–Trinajstić information content (AvgIpc) is 3.00. The van der Waals surface area contributed by atoms with Gasteiger partial charge in [-0.05, 0) is 59.1 Å². The summed E-state index contributed by atoms with van der Waals surface area (Å²) < 4.78 is 1.79. The van der Waals surface area contributed by atoms with Crippen LogP contribution in [-0.4, -0.2) is 37.7 Å². The Bertz CT molecular complexity index is 1030. The molecule has 1 fully saturated rings. The van der Waals surface area contributed by atoms with Crippen LogP contribution in [0.2, 0.25) is 5.02 Å². The number of piperidine rings is 1. The second kappa shape index (κ2) is 7.21. The average molecular weight is 397 g/mol. The normalized spacial score (nSPS) is 20.0. The van der Waals surface area contributed by atoms with Crippen molar-refractivity contribution in [3.05, 3.63) is 52.3 Å². The van der Waals surface area contributed by atoms with Gasteiger partial charge in [0.15, 0.2) is 5.65 Å². The first kappa shape index (κ1) is 18.9. The van der Waals surface area contributed by atoms with Gasteiger partial charge in [0.25, 0.3) is 5.91 Å². The molecule has 28 heavy (non-hydrogen) atoms. The van der Waals surface area contributed by atoms with Crippen molar-refractivity contribution < 1.29 is 4.79 Å². The fourth-order valence-corrected chi connectivity index (χ4v) is 4.53. The lowest BCUT2D eigenvalue weighted by Crippen LogP contribution is -2.47. The molecule has 1 saturated heterocycles. The van der Waals surface area contributed by atoms with Crippen LogP contribution in [0.4, 0.5) is 0 Å². The van der Waals surface area contributed by atoms with E-state index in [4.69, 9.17) is 11.6 Å². The molecule has 3 heterocycles. The van der Waals surface area contributed by atoms with Crippen LogP contribution in [0.15, 0.2) is 30.5 Å². The quantitative estimate of drug-likeness (QED) is 0.605. The maximum Gasteiger partial charge on any atom is 0.257 e. The van der Waals surface area contributed by atoms with E-state index in [0.29, 0.717) is 16.2 Å². The molecular weight excluding hydrogens is 372 g/mol. The Morgan fingerprint density at radius 3 is 2.39 bits per heavy atom. The number of rotatable bonds is 2. The Balaban J connectivity index is 1.80. The lowest BCUT2D eigenvalue weighted by atomic mass is 9.96. The largest absolute Gasteiger partial charge is 0.333 e. The van der Waals surface area contributed by atoms with Crippen molar-refractivity contribution >= 4 is 28.5 Å². The zero-order chi connectivity index (χ0) is 20.0. The molecule has 4 rings (SSSR count). The summed E-state index contributed by atoms with van der Waals surface area (Å²) in [7, 11) is 0. The van der Waals surface area contributed by atoms with E-state index in [1.54, 1.807) is 10.9 Å². The number of aryl methyl sites for hydroxylation is 2. The lowest BCUT2D eigenvalue weighted by molar-refractivity contribution is 0.0510. The van der Waals surface area contributed by atoms with Crippen molar-refractivity contribution in [1.82, 2.24) is 19.7 Å². The van der Waals surface area contributed by atoms with E-state index in [9.17, 15) is 4.79 Å². The van der Waals surface area contributed by atoms with E-state index >= 15 is 0 Å². The molecule has 2 atom stereocenters. The first-order valence-corrected chi connectivity index (χ1v) is 10.2. The van der Waals surface area contributed by atoms with Crippen molar-refractivity contribution in [3.63, 3.8) is 0 Å². The van der Waals surface area contributed by atoms with Crippen LogP contribution < -0.4 is 0 Å². The summed E-state index contributed by atoms with van der Waals surface area (Å²) in [6.07, 6.45) is 4.80. The topological polar surface area (TPSA) is 51.0 Å². The van der Waals surface area contributed by atoms with Gasteiger partial charge in [0.2, 0.25) is 0 Å². The molecule has 0 saturated carbocycles. The maximum atomic E-state index is 13.3. The lowest BCUT2D eigenvalue weighted by Gasteiger charge is -2.39. The third kappa shape index (κ3) is 3.08. The van der Waals surface area contributed by atoms with Crippen molar-refractivity contribution in [1.29, 1.82) is 0 Å². The van der Waals surface area contributed by atoms with Gasteiger partial charge in [-0.15, -0.1) is 0 Å². The number of pyridine rings is 1. The molecular formula is C22H25ClN4O. The van der Waals surface area contributed by atoms with Gasteiger partial charge in [-0.3, -0.25) is 4.79 Å². The van der Waals surface area contributed by atoms with Gasteiger partial charge in [0.05, 0.1) is 27.4 Å². The Kier molecular flexibility index (Phi) is 4.88. The predicted octanol–water partition coefficient (Wildman–Crippen LogP) is 5.09. The number of likely N-dealkylation sites (tertiary alicyclic amines) is 1. The molecule has 1 aliphatic rings. The second-order valence-electron chi connectivity index (χ2n) is 7.86. The van der Waals surface area contributed by atoms with Crippen LogP contribution in [0.3, 0.4) is 0 Å². The van der Waals surface area contributed by atoms with Crippen LogP contribution in [0, 0.1) is 13.8 Å². The number of hydrogen-bond donors (Lipinski definition) is 0. The summed E-state index contributed by atoms with van der Waals surface area (Å²) in [6.45, 7) is 8.16. The molecule has 146 valence electrons. The van der Waals surface area contributed by atoms with Crippen molar-refractivity contribution in [2.24, 2.45) is 0 Å². The zero-order valence-corrected chi connectivity index (χ0v) is 17.5. The first-order chi connectivity index (χ1) is 13.4. The molecule has 5 nitrogen and oxygen atoms in total. The van der Waals surface area contributed by atoms with Crippen molar-refractivity contribution in [3.8, 4) is 5.69 Å². The van der Waals surface area contributed by atoms with Gasteiger partial charge in [0, 0.05) is 18.3 Å². The molecule has 0 spiro atoms. The van der Waals surface area contributed by atoms with E-state index in [-0.39, 0.29) is 18.0 Å². The monoisotopic (exact) mass is 396 g/mol. The van der Waals surface area contributed by atoms with Gasteiger partial charge in [-0.2, -0.15) is 5.10 Å². The summed E-state index contributed by atoms with van der Waals surface area (Å²) >= 11 is 6.74. The van der Waals surface area contributed by atoms with Gasteiger partial charge >= 0.3 is 0 Å². The Morgan fingerprint density at radius 1 is 1.11 bits per heavy atom. The second-order valence-corrected chi connectivity index (χ2v) is 8.24. The summed E-state index contributed by atoms with van der Waals surface area (Å²) in [5, 5.41) is 5.82. The molecule has 0 N–H and O–H groups in total. The molecule has 0 bridgehead atoms. The van der Waals surface area contributed by atoms with Crippen LogP contribution in [0.25, 0.3) is 16.7 Å². The number of halogens is 1. The minimum absolute atomic E-state index is 0.0402. The van der Waals surface area contributed by atoms with Gasteiger partial charge in [-0.1, -0.05) is 29.3 Å².